The molecule has 0 radical (unpaired) electrons. The Morgan fingerprint density at radius 3 is 2.71 bits per heavy atom. The molecule has 122 valence electrons. The van der Waals surface area contributed by atoms with Gasteiger partial charge in [-0.25, -0.2) is 0 Å². The molecule has 0 saturated heterocycles. The Balaban J connectivity index is 1.65. The van der Waals surface area contributed by atoms with E-state index in [1.54, 1.807) is 12.1 Å². The molecule has 24 heavy (non-hydrogen) atoms. The maximum Gasteiger partial charge on any atom is 0.224 e. The summed E-state index contributed by atoms with van der Waals surface area (Å²) in [6.45, 7) is 0. The van der Waals surface area contributed by atoms with E-state index in [2.05, 4.69) is 16.7 Å². The molecule has 0 aromatic heterocycles. The van der Waals surface area contributed by atoms with E-state index >= 15 is 0 Å². The number of fused-ring (bicyclic) bond motifs is 1. The molecule has 1 atom stereocenters. The lowest BCUT2D eigenvalue weighted by molar-refractivity contribution is -0.122. The zero-order valence-electron chi connectivity index (χ0n) is 12.9. The Bertz CT molecular complexity index is 935. The molecule has 2 N–H and O–H groups in total. The monoisotopic (exact) mass is 358 g/mol. The van der Waals surface area contributed by atoms with E-state index in [0.29, 0.717) is 10.0 Å². The smallest absolute Gasteiger partial charge is 0.224 e. The summed E-state index contributed by atoms with van der Waals surface area (Å²) < 4.78 is 0. The van der Waals surface area contributed by atoms with Crippen LogP contribution in [0.1, 0.15) is 12.8 Å². The first-order valence-electron chi connectivity index (χ1n) is 7.94. The molecule has 1 heterocycles. The van der Waals surface area contributed by atoms with Crippen molar-refractivity contribution in [3.05, 3.63) is 56.9 Å². The lowest BCUT2D eigenvalue weighted by Crippen LogP contribution is -2.48. The number of nitrogens with one attached hydrogen (secondary N) is 2. The van der Waals surface area contributed by atoms with Crippen molar-refractivity contribution in [1.82, 2.24) is 10.6 Å². The number of hydrogen-bond donors (Lipinski definition) is 2. The van der Waals surface area contributed by atoms with Gasteiger partial charge in [0.15, 0.2) is 0 Å². The molecule has 3 nitrogen and oxygen atoms in total. The molecule has 2 aromatic rings. The fraction of sp³-hybridized carbons (Fsp3) is 0.211. The van der Waals surface area contributed by atoms with Gasteiger partial charge in [0.25, 0.3) is 0 Å². The third-order valence-electron chi connectivity index (χ3n) is 4.34. The fourth-order valence-electron chi connectivity index (χ4n) is 2.84. The average molecular weight is 359 g/mol. The third-order valence-corrected chi connectivity index (χ3v) is 4.90. The van der Waals surface area contributed by atoms with Crippen molar-refractivity contribution in [3.8, 4) is 11.1 Å². The number of hydrogen-bond acceptors (Lipinski definition) is 2. The second kappa shape index (κ2) is 6.15. The van der Waals surface area contributed by atoms with Crippen LogP contribution in [0.3, 0.4) is 0 Å². The molecule has 1 saturated carbocycles. The van der Waals surface area contributed by atoms with Crippen molar-refractivity contribution in [2.75, 3.05) is 0 Å². The fourth-order valence-corrected chi connectivity index (χ4v) is 3.24. The highest BCUT2D eigenvalue weighted by atomic mass is 35.5. The predicted octanol–water partition coefficient (Wildman–Crippen LogP) is 2.63. The Kier molecular flexibility index (Phi) is 3.99. The Labute approximate surface area is 150 Å². The van der Waals surface area contributed by atoms with Gasteiger partial charge in [-0.2, -0.15) is 0 Å². The molecule has 0 spiro atoms. The van der Waals surface area contributed by atoms with E-state index in [1.807, 2.05) is 30.5 Å². The van der Waals surface area contributed by atoms with Crippen molar-refractivity contribution in [1.29, 1.82) is 0 Å². The average Bonchev–Trinajstić information content (AvgIpc) is 3.42. The standard InChI is InChI=1S/C19H16Cl2N2O/c20-15-5-6-17(21)16(9-15)13-4-3-12-8-18(22-10-14(12)7-13)23-19(24)11-1-2-11/h3-11,18,22H,1-2H2,(H,23,24). The molecule has 5 heteroatoms. The SMILES string of the molecule is O=C(NC1C=c2ccc(-c3cc(Cl)ccc3Cl)cc2=CN1)C1CC1. The molecule has 1 amide bonds. The van der Waals surface area contributed by atoms with Crippen molar-refractivity contribution >= 4 is 41.4 Å². The normalized spacial score (nSPS) is 18.7. The van der Waals surface area contributed by atoms with E-state index in [0.717, 1.165) is 34.4 Å². The molecule has 0 bridgehead atoms. The van der Waals surface area contributed by atoms with Gasteiger partial charge in [-0.3, -0.25) is 4.79 Å². The van der Waals surface area contributed by atoms with Gasteiger partial charge in [-0.1, -0.05) is 35.3 Å². The van der Waals surface area contributed by atoms with Gasteiger partial charge < -0.3 is 10.6 Å². The number of carbonyl (C=O) groups is 1. The second-order valence-electron chi connectivity index (χ2n) is 6.21. The van der Waals surface area contributed by atoms with E-state index in [1.165, 1.54) is 0 Å². The summed E-state index contributed by atoms with van der Waals surface area (Å²) in [6.07, 6.45) is 5.80. The predicted molar refractivity (Wildman–Crippen MR) is 97.9 cm³/mol. The first-order chi connectivity index (χ1) is 11.6. The van der Waals surface area contributed by atoms with Crippen LogP contribution in [0.15, 0.2) is 36.4 Å². The minimum atomic E-state index is -0.161. The molecule has 2 aromatic carbocycles. The lowest BCUT2D eigenvalue weighted by Gasteiger charge is -2.18. The van der Waals surface area contributed by atoms with Crippen LogP contribution in [0.4, 0.5) is 0 Å². The summed E-state index contributed by atoms with van der Waals surface area (Å²) in [5.41, 5.74) is 1.91. The number of amides is 1. The zero-order valence-corrected chi connectivity index (χ0v) is 14.4. The molecular formula is C19H16Cl2N2O. The summed E-state index contributed by atoms with van der Waals surface area (Å²) >= 11 is 12.4. The maximum absolute atomic E-state index is 11.9. The zero-order chi connectivity index (χ0) is 16.7. The van der Waals surface area contributed by atoms with Crippen LogP contribution in [0.5, 0.6) is 0 Å². The molecule has 1 aliphatic carbocycles. The quantitative estimate of drug-likeness (QED) is 0.885. The van der Waals surface area contributed by atoms with E-state index in [9.17, 15) is 4.79 Å². The van der Waals surface area contributed by atoms with E-state index in [4.69, 9.17) is 23.2 Å². The van der Waals surface area contributed by atoms with Crippen molar-refractivity contribution < 1.29 is 4.79 Å². The molecule has 1 unspecified atom stereocenters. The highest BCUT2D eigenvalue weighted by molar-refractivity contribution is 6.35. The lowest BCUT2D eigenvalue weighted by atomic mass is 10.0. The van der Waals surface area contributed by atoms with Crippen molar-refractivity contribution in [2.45, 2.75) is 19.0 Å². The molecule has 4 rings (SSSR count). The van der Waals surface area contributed by atoms with Gasteiger partial charge in [0.05, 0.1) is 0 Å². The molecule has 1 fully saturated rings. The third kappa shape index (κ3) is 3.14. The van der Waals surface area contributed by atoms with E-state index < -0.39 is 0 Å². The Morgan fingerprint density at radius 1 is 1.08 bits per heavy atom. The first-order valence-corrected chi connectivity index (χ1v) is 8.70. The maximum atomic E-state index is 11.9. The van der Waals surface area contributed by atoms with Gasteiger partial charge in [0.1, 0.15) is 6.17 Å². The Morgan fingerprint density at radius 2 is 1.92 bits per heavy atom. The summed E-state index contributed by atoms with van der Waals surface area (Å²) in [5, 5.41) is 9.69. The molecule has 1 aliphatic heterocycles. The van der Waals surface area contributed by atoms with Crippen LogP contribution in [-0.4, -0.2) is 12.1 Å². The largest absolute Gasteiger partial charge is 0.368 e. The highest BCUT2D eigenvalue weighted by Crippen LogP contribution is 2.30. The van der Waals surface area contributed by atoms with Crippen LogP contribution >= 0.6 is 23.2 Å². The van der Waals surface area contributed by atoms with Crippen LogP contribution in [0.2, 0.25) is 10.0 Å². The summed E-state index contributed by atoms with van der Waals surface area (Å²) in [6, 6.07) is 11.6. The van der Waals surface area contributed by atoms with Gasteiger partial charge in [0, 0.05) is 27.7 Å². The Hall–Kier alpha value is -1.97. The highest BCUT2D eigenvalue weighted by Gasteiger charge is 2.30. The molecular weight excluding hydrogens is 343 g/mol. The van der Waals surface area contributed by atoms with Crippen LogP contribution in [0, 0.1) is 5.92 Å². The van der Waals surface area contributed by atoms with Gasteiger partial charge >= 0.3 is 0 Å². The number of carbonyl (C=O) groups excluding carboxylic acids is 1. The van der Waals surface area contributed by atoms with Crippen molar-refractivity contribution in [2.24, 2.45) is 5.92 Å². The van der Waals surface area contributed by atoms with Crippen LogP contribution in [-0.2, 0) is 4.79 Å². The van der Waals surface area contributed by atoms with Gasteiger partial charge in [0.2, 0.25) is 5.91 Å². The van der Waals surface area contributed by atoms with Gasteiger partial charge in [-0.05, 0) is 59.2 Å². The van der Waals surface area contributed by atoms with Crippen molar-refractivity contribution in [3.63, 3.8) is 0 Å². The number of benzene rings is 2. The number of halogens is 2. The minimum absolute atomic E-state index is 0.128. The summed E-state index contributed by atoms with van der Waals surface area (Å²) in [4.78, 5) is 11.9. The first kappa shape index (κ1) is 15.6. The minimum Gasteiger partial charge on any atom is -0.368 e. The second-order valence-corrected chi connectivity index (χ2v) is 7.05. The number of rotatable bonds is 3. The van der Waals surface area contributed by atoms with Crippen LogP contribution in [0.25, 0.3) is 23.4 Å². The topological polar surface area (TPSA) is 41.1 Å². The molecule has 2 aliphatic rings. The summed E-state index contributed by atoms with van der Waals surface area (Å²) in [7, 11) is 0. The van der Waals surface area contributed by atoms with Gasteiger partial charge in [-0.15, -0.1) is 0 Å². The van der Waals surface area contributed by atoms with E-state index in [-0.39, 0.29) is 18.0 Å². The summed E-state index contributed by atoms with van der Waals surface area (Å²) in [5.74, 6) is 0.330. The van der Waals surface area contributed by atoms with Crippen LogP contribution < -0.4 is 21.1 Å².